The van der Waals surface area contributed by atoms with Crippen molar-refractivity contribution in [3.05, 3.63) is 0 Å². The Morgan fingerprint density at radius 1 is 1.44 bits per heavy atom. The number of morpholine rings is 1. The molecule has 1 heterocycles. The van der Waals surface area contributed by atoms with Gasteiger partial charge in [0.2, 0.25) is 0 Å². The lowest BCUT2D eigenvalue weighted by Gasteiger charge is -2.33. The van der Waals surface area contributed by atoms with Crippen molar-refractivity contribution in [3.8, 4) is 0 Å². The standard InChI is InChI=1S/C12H26N2O2/c1-3-15-9-4-5-13-6-7-14-8-10-16-11-12(14)2/h12-13H,3-11H2,1-2H3. The van der Waals surface area contributed by atoms with E-state index in [0.29, 0.717) is 6.04 Å². The molecule has 1 aliphatic rings. The maximum Gasteiger partial charge on any atom is 0.0619 e. The van der Waals surface area contributed by atoms with Crippen LogP contribution in [0, 0.1) is 0 Å². The summed E-state index contributed by atoms with van der Waals surface area (Å²) in [7, 11) is 0. The highest BCUT2D eigenvalue weighted by molar-refractivity contribution is 4.71. The maximum absolute atomic E-state index is 5.41. The van der Waals surface area contributed by atoms with E-state index >= 15 is 0 Å². The minimum absolute atomic E-state index is 0.568. The van der Waals surface area contributed by atoms with Gasteiger partial charge in [-0.1, -0.05) is 0 Å². The van der Waals surface area contributed by atoms with Crippen LogP contribution < -0.4 is 5.32 Å². The van der Waals surface area contributed by atoms with E-state index in [2.05, 4.69) is 17.1 Å². The molecule has 0 bridgehead atoms. The van der Waals surface area contributed by atoms with Crippen molar-refractivity contribution in [2.75, 3.05) is 52.6 Å². The molecule has 16 heavy (non-hydrogen) atoms. The summed E-state index contributed by atoms with van der Waals surface area (Å²) in [5, 5.41) is 3.45. The van der Waals surface area contributed by atoms with Crippen LogP contribution in [0.1, 0.15) is 20.3 Å². The van der Waals surface area contributed by atoms with Gasteiger partial charge in [-0.25, -0.2) is 0 Å². The number of nitrogens with zero attached hydrogens (tertiary/aromatic N) is 1. The zero-order chi connectivity index (χ0) is 11.6. The van der Waals surface area contributed by atoms with Gasteiger partial charge in [0.15, 0.2) is 0 Å². The molecule has 0 amide bonds. The normalized spacial score (nSPS) is 22.5. The van der Waals surface area contributed by atoms with E-state index in [1.54, 1.807) is 0 Å². The first-order chi connectivity index (χ1) is 7.84. The first-order valence-electron chi connectivity index (χ1n) is 6.45. The lowest BCUT2D eigenvalue weighted by Crippen LogP contribution is -2.46. The summed E-state index contributed by atoms with van der Waals surface area (Å²) in [6.07, 6.45) is 1.10. The van der Waals surface area contributed by atoms with E-state index < -0.39 is 0 Å². The predicted molar refractivity (Wildman–Crippen MR) is 65.8 cm³/mol. The van der Waals surface area contributed by atoms with Crippen LogP contribution in [0.15, 0.2) is 0 Å². The largest absolute Gasteiger partial charge is 0.382 e. The van der Waals surface area contributed by atoms with Crippen molar-refractivity contribution >= 4 is 0 Å². The van der Waals surface area contributed by atoms with Crippen molar-refractivity contribution in [1.82, 2.24) is 10.2 Å². The zero-order valence-electron chi connectivity index (χ0n) is 10.7. The molecule has 1 N–H and O–H groups in total. The molecule has 1 saturated heterocycles. The molecule has 1 unspecified atom stereocenters. The van der Waals surface area contributed by atoms with Crippen LogP contribution in [0.3, 0.4) is 0 Å². The topological polar surface area (TPSA) is 33.7 Å². The van der Waals surface area contributed by atoms with Crippen molar-refractivity contribution in [2.24, 2.45) is 0 Å². The second kappa shape index (κ2) is 8.93. The Morgan fingerprint density at radius 3 is 3.06 bits per heavy atom. The van der Waals surface area contributed by atoms with Crippen LogP contribution in [0.4, 0.5) is 0 Å². The van der Waals surface area contributed by atoms with Crippen LogP contribution >= 0.6 is 0 Å². The Labute approximate surface area is 99.3 Å². The number of ether oxygens (including phenoxy) is 2. The van der Waals surface area contributed by atoms with E-state index in [-0.39, 0.29) is 0 Å². The van der Waals surface area contributed by atoms with Gasteiger partial charge >= 0.3 is 0 Å². The molecular weight excluding hydrogens is 204 g/mol. The van der Waals surface area contributed by atoms with Gasteiger partial charge in [-0.15, -0.1) is 0 Å². The second-order valence-corrected chi connectivity index (χ2v) is 4.26. The first-order valence-corrected chi connectivity index (χ1v) is 6.45. The van der Waals surface area contributed by atoms with Gasteiger partial charge < -0.3 is 14.8 Å². The van der Waals surface area contributed by atoms with E-state index in [1.807, 2.05) is 6.92 Å². The van der Waals surface area contributed by atoms with Crippen LogP contribution in [0.2, 0.25) is 0 Å². The third kappa shape index (κ3) is 5.80. The molecule has 4 nitrogen and oxygen atoms in total. The van der Waals surface area contributed by atoms with E-state index in [1.165, 1.54) is 0 Å². The van der Waals surface area contributed by atoms with E-state index in [4.69, 9.17) is 9.47 Å². The third-order valence-electron chi connectivity index (χ3n) is 2.93. The summed E-state index contributed by atoms with van der Waals surface area (Å²) in [4.78, 5) is 2.49. The van der Waals surface area contributed by atoms with Crippen LogP contribution in [0.5, 0.6) is 0 Å². The molecule has 0 aromatic rings. The molecule has 4 heteroatoms. The Bertz CT molecular complexity index is 167. The second-order valence-electron chi connectivity index (χ2n) is 4.26. The van der Waals surface area contributed by atoms with Gasteiger partial charge in [0.05, 0.1) is 13.2 Å². The highest BCUT2D eigenvalue weighted by Crippen LogP contribution is 2.04. The van der Waals surface area contributed by atoms with Crippen molar-refractivity contribution in [1.29, 1.82) is 0 Å². The smallest absolute Gasteiger partial charge is 0.0619 e. The molecule has 0 aliphatic carbocycles. The predicted octanol–water partition coefficient (Wildman–Crippen LogP) is 0.723. The number of nitrogens with one attached hydrogen (secondary N) is 1. The summed E-state index contributed by atoms with van der Waals surface area (Å²) in [6, 6.07) is 0.568. The van der Waals surface area contributed by atoms with Gasteiger partial charge in [0.1, 0.15) is 0 Å². The minimum Gasteiger partial charge on any atom is -0.382 e. The number of hydrogen-bond donors (Lipinski definition) is 1. The molecule has 0 saturated carbocycles. The van der Waals surface area contributed by atoms with E-state index in [0.717, 1.165) is 59.0 Å². The van der Waals surface area contributed by atoms with E-state index in [9.17, 15) is 0 Å². The fourth-order valence-electron chi connectivity index (χ4n) is 1.88. The Morgan fingerprint density at radius 2 is 2.31 bits per heavy atom. The summed E-state index contributed by atoms with van der Waals surface area (Å²) >= 11 is 0. The van der Waals surface area contributed by atoms with Gasteiger partial charge in [0, 0.05) is 38.9 Å². The zero-order valence-corrected chi connectivity index (χ0v) is 10.7. The Hall–Kier alpha value is -0.160. The molecular formula is C12H26N2O2. The Kier molecular flexibility index (Phi) is 7.76. The minimum atomic E-state index is 0.568. The lowest BCUT2D eigenvalue weighted by atomic mass is 10.2. The maximum atomic E-state index is 5.41. The van der Waals surface area contributed by atoms with Gasteiger partial charge in [-0.3, -0.25) is 4.90 Å². The molecule has 1 aliphatic heterocycles. The average molecular weight is 230 g/mol. The lowest BCUT2D eigenvalue weighted by molar-refractivity contribution is 0.000408. The van der Waals surface area contributed by atoms with Crippen molar-refractivity contribution < 1.29 is 9.47 Å². The SMILES string of the molecule is CCOCCCNCCN1CCOCC1C. The quantitative estimate of drug-likeness (QED) is 0.623. The summed E-state index contributed by atoms with van der Waals surface area (Å²) < 4.78 is 10.7. The molecule has 0 spiro atoms. The molecule has 1 atom stereocenters. The van der Waals surface area contributed by atoms with Crippen LogP contribution in [-0.2, 0) is 9.47 Å². The van der Waals surface area contributed by atoms with Crippen molar-refractivity contribution in [3.63, 3.8) is 0 Å². The molecule has 1 rings (SSSR count). The van der Waals surface area contributed by atoms with Gasteiger partial charge in [0.25, 0.3) is 0 Å². The van der Waals surface area contributed by atoms with Gasteiger partial charge in [-0.2, -0.15) is 0 Å². The third-order valence-corrected chi connectivity index (χ3v) is 2.93. The molecule has 0 aromatic carbocycles. The van der Waals surface area contributed by atoms with Crippen LogP contribution in [-0.4, -0.2) is 63.5 Å². The van der Waals surface area contributed by atoms with Crippen molar-refractivity contribution in [2.45, 2.75) is 26.3 Å². The summed E-state index contributed by atoms with van der Waals surface area (Å²) in [5.41, 5.74) is 0. The Balaban J connectivity index is 1.90. The highest BCUT2D eigenvalue weighted by Gasteiger charge is 2.17. The molecule has 0 aromatic heterocycles. The fraction of sp³-hybridized carbons (Fsp3) is 1.00. The first kappa shape index (κ1) is 13.9. The molecule has 1 fully saturated rings. The number of rotatable bonds is 8. The number of hydrogen-bond acceptors (Lipinski definition) is 4. The molecule has 96 valence electrons. The summed E-state index contributed by atoms with van der Waals surface area (Å²) in [5.74, 6) is 0. The fourth-order valence-corrected chi connectivity index (χ4v) is 1.88. The monoisotopic (exact) mass is 230 g/mol. The highest BCUT2D eigenvalue weighted by atomic mass is 16.5. The van der Waals surface area contributed by atoms with Gasteiger partial charge in [-0.05, 0) is 26.8 Å². The average Bonchev–Trinajstić information content (AvgIpc) is 2.30. The molecule has 0 radical (unpaired) electrons. The van der Waals surface area contributed by atoms with Crippen LogP contribution in [0.25, 0.3) is 0 Å². The summed E-state index contributed by atoms with van der Waals surface area (Å²) in [6.45, 7) is 12.0.